The smallest absolute Gasteiger partial charge is 0.349 e. The van der Waals surface area contributed by atoms with Gasteiger partial charge in [-0.25, -0.2) is 23.2 Å². The van der Waals surface area contributed by atoms with Crippen LogP contribution in [0.2, 0.25) is 0 Å². The Bertz CT molecular complexity index is 1340. The molecular weight excluding hydrogens is 737 g/mol. The summed E-state index contributed by atoms with van der Waals surface area (Å²) in [6.45, 7) is 8.51. The van der Waals surface area contributed by atoms with Gasteiger partial charge in [-0.05, 0) is 38.9 Å². The van der Waals surface area contributed by atoms with Crippen molar-refractivity contribution >= 4 is 27.4 Å². The molecule has 1 saturated heterocycles. The van der Waals surface area contributed by atoms with E-state index in [0.717, 1.165) is 55.3 Å². The minimum Gasteiger partial charge on any atom is -0.349 e. The highest BCUT2D eigenvalue weighted by atomic mass is 32.2. The first-order chi connectivity index (χ1) is 24.8. The Morgan fingerprint density at radius 1 is 0.942 bits per heavy atom. The summed E-state index contributed by atoms with van der Waals surface area (Å²) in [6, 6.07) is 0. The summed E-state index contributed by atoms with van der Waals surface area (Å²) in [4.78, 5) is 42.1. The van der Waals surface area contributed by atoms with Crippen LogP contribution < -0.4 is 11.2 Å². The molecule has 0 aromatic carbocycles. The number of rotatable bonds is 31. The van der Waals surface area contributed by atoms with E-state index in [0.29, 0.717) is 6.42 Å². The fourth-order valence-electron chi connectivity index (χ4n) is 5.81. The molecule has 17 heteroatoms. The van der Waals surface area contributed by atoms with Crippen molar-refractivity contribution in [2.45, 2.75) is 180 Å². The van der Waals surface area contributed by atoms with Gasteiger partial charge in [-0.15, -0.1) is 4.67 Å². The van der Waals surface area contributed by atoms with Crippen molar-refractivity contribution in [3.05, 3.63) is 32.6 Å². The standard InChI is InChI=1S/C35H65FN2O11P2S/c1-6-9-11-13-14-15-16-17-19-21-24-52-32(22-20-18-12-10-7-2)29(5)47-48-50(41,42)49-51(43,44-23-8-3)45-27-31-30(36)25-33(46-31)38-26-28(4)34(39)37-35(38)40/h26,29-33H,6-25,27H2,1-5H3,(H,41,42)(H,37,39,40)/t29?,30-,31+,32?,33+,51?/m0/s1. The maximum atomic E-state index is 14.9. The number of nitrogens with one attached hydrogen (secondary N) is 1. The molecule has 0 saturated carbocycles. The number of aromatic nitrogens is 2. The van der Waals surface area contributed by atoms with Crippen molar-refractivity contribution in [3.63, 3.8) is 0 Å². The summed E-state index contributed by atoms with van der Waals surface area (Å²) < 4.78 is 68.3. The second-order valence-corrected chi connectivity index (χ2v) is 18.2. The van der Waals surface area contributed by atoms with Gasteiger partial charge in [-0.2, -0.15) is 16.1 Å². The lowest BCUT2D eigenvalue weighted by Crippen LogP contribution is -2.33. The van der Waals surface area contributed by atoms with Crippen molar-refractivity contribution in [2.24, 2.45) is 0 Å². The Morgan fingerprint density at radius 3 is 2.15 bits per heavy atom. The maximum Gasteiger partial charge on any atom is 0.508 e. The largest absolute Gasteiger partial charge is 0.508 e. The van der Waals surface area contributed by atoms with Crippen LogP contribution in [0.15, 0.2) is 15.8 Å². The predicted molar refractivity (Wildman–Crippen MR) is 203 cm³/mol. The topological polar surface area (TPSA) is 165 Å². The van der Waals surface area contributed by atoms with Crippen LogP contribution in [-0.4, -0.2) is 57.0 Å². The highest BCUT2D eigenvalue weighted by Crippen LogP contribution is 2.64. The zero-order chi connectivity index (χ0) is 38.4. The average Bonchev–Trinajstić information content (AvgIpc) is 3.47. The van der Waals surface area contributed by atoms with Gasteiger partial charge < -0.3 is 9.63 Å². The number of phosphoric acid groups is 2. The molecule has 1 aromatic rings. The van der Waals surface area contributed by atoms with Crippen LogP contribution in [0, 0.1) is 6.92 Å². The number of aryl methyl sites for hydroxylation is 1. The van der Waals surface area contributed by atoms with Gasteiger partial charge in [0, 0.05) is 23.4 Å². The zero-order valence-electron chi connectivity index (χ0n) is 32.0. The summed E-state index contributed by atoms with van der Waals surface area (Å²) >= 11 is 1.76. The molecule has 1 aromatic heterocycles. The van der Waals surface area contributed by atoms with Gasteiger partial charge >= 0.3 is 21.3 Å². The van der Waals surface area contributed by atoms with E-state index in [-0.39, 0.29) is 23.8 Å². The Morgan fingerprint density at radius 2 is 1.54 bits per heavy atom. The molecule has 0 aliphatic carbocycles. The van der Waals surface area contributed by atoms with Crippen LogP contribution in [0.25, 0.3) is 0 Å². The molecular formula is C35H65FN2O11P2S. The third kappa shape index (κ3) is 18.7. The molecule has 304 valence electrons. The number of hydrogen-bond donors (Lipinski definition) is 2. The first kappa shape index (κ1) is 47.3. The maximum absolute atomic E-state index is 14.9. The normalized spacial score (nSPS) is 21.2. The number of halogens is 1. The quantitative estimate of drug-likeness (QED) is 0.0316. The third-order valence-electron chi connectivity index (χ3n) is 8.91. The molecule has 0 amide bonds. The van der Waals surface area contributed by atoms with Gasteiger partial charge in [-0.3, -0.25) is 23.4 Å². The zero-order valence-corrected chi connectivity index (χ0v) is 34.6. The second kappa shape index (κ2) is 26.1. The van der Waals surface area contributed by atoms with E-state index in [2.05, 4.69) is 18.8 Å². The molecule has 0 spiro atoms. The van der Waals surface area contributed by atoms with Crippen molar-refractivity contribution < 1.29 is 46.1 Å². The third-order valence-corrected chi connectivity index (χ3v) is 13.3. The number of nitrogens with zero attached hydrogens (tertiary/aromatic N) is 1. The molecule has 1 aliphatic heterocycles. The molecule has 4 unspecified atom stereocenters. The highest BCUT2D eigenvalue weighted by molar-refractivity contribution is 7.99. The number of thioether (sulfide) groups is 1. The molecule has 0 bridgehead atoms. The van der Waals surface area contributed by atoms with Crippen molar-refractivity contribution in [2.75, 3.05) is 19.0 Å². The fraction of sp³-hybridized carbons (Fsp3) is 0.886. The van der Waals surface area contributed by atoms with Gasteiger partial charge in [0.25, 0.3) is 5.56 Å². The van der Waals surface area contributed by atoms with Gasteiger partial charge in [0.2, 0.25) is 0 Å². The molecule has 0 radical (unpaired) electrons. The Hall–Kier alpha value is -0.860. The van der Waals surface area contributed by atoms with E-state index in [4.69, 9.17) is 27.7 Å². The average molecular weight is 803 g/mol. The van der Waals surface area contributed by atoms with Crippen LogP contribution >= 0.6 is 27.4 Å². The van der Waals surface area contributed by atoms with E-state index in [1.54, 1.807) is 25.6 Å². The monoisotopic (exact) mass is 802 g/mol. The van der Waals surface area contributed by atoms with Gasteiger partial charge in [0.05, 0.1) is 13.2 Å². The Labute approximate surface area is 314 Å². The van der Waals surface area contributed by atoms with Crippen LogP contribution in [-0.2, 0) is 36.8 Å². The van der Waals surface area contributed by atoms with E-state index in [9.17, 15) is 28.0 Å². The summed E-state index contributed by atoms with van der Waals surface area (Å²) in [5.74, 6) is 0.932. The number of phosphoric ester groups is 1. The molecule has 1 fully saturated rings. The van der Waals surface area contributed by atoms with Crippen molar-refractivity contribution in [1.82, 2.24) is 9.55 Å². The van der Waals surface area contributed by atoms with Gasteiger partial charge in [0.1, 0.15) is 24.6 Å². The van der Waals surface area contributed by atoms with E-state index in [1.165, 1.54) is 70.9 Å². The van der Waals surface area contributed by atoms with Crippen LogP contribution in [0.5, 0.6) is 0 Å². The molecule has 13 nitrogen and oxygen atoms in total. The summed E-state index contributed by atoms with van der Waals surface area (Å²) in [5, 5.41) is -0.00715. The van der Waals surface area contributed by atoms with Crippen LogP contribution in [0.4, 0.5) is 4.39 Å². The fourth-order valence-corrected chi connectivity index (χ4v) is 9.69. The SMILES string of the molecule is CCCCCCCCCCCCSC(CCCCCCC)C(C)OOP(=O)(O)OP(=O)(OCCC)OC[C@H]1O[C@@H](n2cc(C)c(=O)[nH]c2=O)C[C@@H]1F. The van der Waals surface area contributed by atoms with E-state index < -0.39 is 58.1 Å². The first-order valence-electron chi connectivity index (χ1n) is 19.4. The van der Waals surface area contributed by atoms with Gasteiger partial charge in [0.15, 0.2) is 0 Å². The van der Waals surface area contributed by atoms with E-state index >= 15 is 0 Å². The van der Waals surface area contributed by atoms with E-state index in [1.807, 2.05) is 0 Å². The van der Waals surface area contributed by atoms with Crippen LogP contribution in [0.3, 0.4) is 0 Å². The lowest BCUT2D eigenvalue weighted by Gasteiger charge is -2.25. The molecule has 2 N–H and O–H groups in total. The number of alkyl halides is 1. The number of aromatic amines is 1. The van der Waals surface area contributed by atoms with Crippen molar-refractivity contribution in [3.8, 4) is 0 Å². The number of H-pyrrole nitrogens is 1. The molecule has 2 heterocycles. The summed E-state index contributed by atoms with van der Waals surface area (Å²) in [5.41, 5.74) is -1.12. The van der Waals surface area contributed by atoms with Gasteiger partial charge in [-0.1, -0.05) is 111 Å². The highest BCUT2D eigenvalue weighted by Gasteiger charge is 2.43. The predicted octanol–water partition coefficient (Wildman–Crippen LogP) is 9.86. The number of ether oxygens (including phenoxy) is 1. The Kier molecular flexibility index (Phi) is 23.7. The second-order valence-electron chi connectivity index (χ2n) is 13.7. The Balaban J connectivity index is 1.92. The minimum atomic E-state index is -5.16. The first-order valence-corrected chi connectivity index (χ1v) is 23.4. The lowest BCUT2D eigenvalue weighted by atomic mass is 10.1. The van der Waals surface area contributed by atoms with Crippen molar-refractivity contribution in [1.29, 1.82) is 0 Å². The molecule has 7 atom stereocenters. The number of unbranched alkanes of at least 4 members (excludes halogenated alkanes) is 13. The molecule has 52 heavy (non-hydrogen) atoms. The lowest BCUT2D eigenvalue weighted by molar-refractivity contribution is -0.252. The summed E-state index contributed by atoms with van der Waals surface area (Å²) in [6.07, 6.45) is 15.6. The number of hydrogen-bond acceptors (Lipinski definition) is 11. The molecule has 1 aliphatic rings. The minimum absolute atomic E-state index is 0.00715. The van der Waals surface area contributed by atoms with Crippen LogP contribution in [0.1, 0.15) is 155 Å². The molecule has 2 rings (SSSR count). The summed E-state index contributed by atoms with van der Waals surface area (Å²) in [7, 11) is -9.95.